The summed E-state index contributed by atoms with van der Waals surface area (Å²) >= 11 is 2.77. The van der Waals surface area contributed by atoms with Crippen LogP contribution in [0.3, 0.4) is 0 Å². The molecule has 0 aliphatic rings. The van der Waals surface area contributed by atoms with Gasteiger partial charge in [0, 0.05) is 25.0 Å². The zero-order valence-corrected chi connectivity index (χ0v) is 12.9. The number of aromatic nitrogens is 1. The fourth-order valence-electron chi connectivity index (χ4n) is 1.59. The highest BCUT2D eigenvalue weighted by Gasteiger charge is 2.09. The third-order valence-electron chi connectivity index (χ3n) is 2.63. The predicted molar refractivity (Wildman–Crippen MR) is 83.6 cm³/mol. The van der Waals surface area contributed by atoms with Crippen molar-refractivity contribution in [2.45, 2.75) is 13.0 Å². The minimum absolute atomic E-state index is 0.0802. The van der Waals surface area contributed by atoms with Crippen LogP contribution in [0, 0.1) is 0 Å². The number of nitrogens with zero attached hydrogens (tertiary/aromatic N) is 1. The molecule has 0 saturated heterocycles. The molecule has 2 rings (SSSR count). The van der Waals surface area contributed by atoms with Gasteiger partial charge in [0.1, 0.15) is 10.7 Å². The first-order valence-corrected chi connectivity index (χ1v) is 8.21. The zero-order chi connectivity index (χ0) is 15.1. The van der Waals surface area contributed by atoms with Gasteiger partial charge in [-0.05, 0) is 17.9 Å². The first-order chi connectivity index (χ1) is 10.2. The first-order valence-electron chi connectivity index (χ1n) is 6.45. The quantitative estimate of drug-likeness (QED) is 0.667. The normalized spacial score (nSPS) is 10.3. The minimum Gasteiger partial charge on any atom is -0.351 e. The fraction of sp³-hybridized carbons (Fsp3) is 0.308. The van der Waals surface area contributed by atoms with Gasteiger partial charge in [0.15, 0.2) is 0 Å². The molecule has 0 fully saturated rings. The van der Waals surface area contributed by atoms with Gasteiger partial charge in [0.05, 0.1) is 4.88 Å². The van der Waals surface area contributed by atoms with Crippen molar-refractivity contribution < 1.29 is 9.59 Å². The van der Waals surface area contributed by atoms with Crippen LogP contribution in [0.2, 0.25) is 0 Å². The van der Waals surface area contributed by atoms with E-state index < -0.39 is 0 Å². The van der Waals surface area contributed by atoms with Gasteiger partial charge in [-0.15, -0.1) is 22.7 Å². The molecule has 2 amide bonds. The van der Waals surface area contributed by atoms with Gasteiger partial charge in [-0.3, -0.25) is 9.59 Å². The molecule has 2 aromatic heterocycles. The van der Waals surface area contributed by atoms with Gasteiger partial charge < -0.3 is 16.4 Å². The van der Waals surface area contributed by atoms with Crippen molar-refractivity contribution in [3.63, 3.8) is 0 Å². The maximum absolute atomic E-state index is 11.8. The molecule has 6 nitrogen and oxygen atoms in total. The SMILES string of the molecule is NCc1nc(C(=O)NCCCNC(=O)c2cccs2)cs1. The summed E-state index contributed by atoms with van der Waals surface area (Å²) in [6.45, 7) is 1.34. The Morgan fingerprint density at radius 3 is 2.57 bits per heavy atom. The third-order valence-corrected chi connectivity index (χ3v) is 4.37. The molecule has 0 radical (unpaired) electrons. The number of hydrogen-bond acceptors (Lipinski definition) is 6. The molecule has 2 aromatic rings. The Morgan fingerprint density at radius 1 is 1.19 bits per heavy atom. The van der Waals surface area contributed by atoms with Gasteiger partial charge in [-0.2, -0.15) is 0 Å². The molecule has 0 aliphatic carbocycles. The summed E-state index contributed by atoms with van der Waals surface area (Å²) in [5, 5.41) is 9.85. The summed E-state index contributed by atoms with van der Waals surface area (Å²) in [5.74, 6) is -0.293. The second kappa shape index (κ2) is 7.87. The number of thiophene rings is 1. The lowest BCUT2D eigenvalue weighted by molar-refractivity contribution is 0.0948. The summed E-state index contributed by atoms with van der Waals surface area (Å²) in [7, 11) is 0. The smallest absolute Gasteiger partial charge is 0.270 e. The average Bonchev–Trinajstić information content (AvgIpc) is 3.17. The summed E-state index contributed by atoms with van der Waals surface area (Å²) in [4.78, 5) is 28.2. The Labute approximate surface area is 130 Å². The summed E-state index contributed by atoms with van der Waals surface area (Å²) in [5.41, 5.74) is 5.84. The zero-order valence-electron chi connectivity index (χ0n) is 11.3. The molecular weight excluding hydrogens is 308 g/mol. The number of hydrogen-bond donors (Lipinski definition) is 3. The molecule has 0 aromatic carbocycles. The van der Waals surface area contributed by atoms with Crippen molar-refractivity contribution in [1.82, 2.24) is 15.6 Å². The molecular formula is C13H16N4O2S2. The highest BCUT2D eigenvalue weighted by atomic mass is 32.1. The minimum atomic E-state index is -0.212. The Morgan fingerprint density at radius 2 is 1.95 bits per heavy atom. The number of thiazole rings is 1. The number of amides is 2. The molecule has 8 heteroatoms. The Hall–Kier alpha value is -1.77. The van der Waals surface area contributed by atoms with Gasteiger partial charge in [0.2, 0.25) is 0 Å². The summed E-state index contributed by atoms with van der Waals surface area (Å²) in [6, 6.07) is 3.61. The first kappa shape index (κ1) is 15.6. The number of rotatable bonds is 7. The molecule has 0 saturated carbocycles. The molecule has 4 N–H and O–H groups in total. The van der Waals surface area contributed by atoms with Crippen molar-refractivity contribution in [2.75, 3.05) is 13.1 Å². The Balaban J connectivity index is 1.63. The van der Waals surface area contributed by atoms with E-state index in [4.69, 9.17) is 5.73 Å². The van der Waals surface area contributed by atoms with E-state index in [1.165, 1.54) is 22.7 Å². The summed E-state index contributed by atoms with van der Waals surface area (Å²) < 4.78 is 0. The molecule has 0 aliphatic heterocycles. The van der Waals surface area contributed by atoms with Crippen LogP contribution in [0.5, 0.6) is 0 Å². The van der Waals surface area contributed by atoms with E-state index in [1.807, 2.05) is 11.4 Å². The van der Waals surface area contributed by atoms with Gasteiger partial charge >= 0.3 is 0 Å². The maximum Gasteiger partial charge on any atom is 0.270 e. The topological polar surface area (TPSA) is 97.1 Å². The number of carbonyl (C=O) groups excluding carboxylic acids is 2. The van der Waals surface area contributed by atoms with Crippen molar-refractivity contribution in [3.8, 4) is 0 Å². The highest BCUT2D eigenvalue weighted by Crippen LogP contribution is 2.08. The average molecular weight is 324 g/mol. The van der Waals surface area contributed by atoms with Crippen LogP contribution in [0.15, 0.2) is 22.9 Å². The van der Waals surface area contributed by atoms with Crippen LogP contribution in [0.4, 0.5) is 0 Å². The molecule has 21 heavy (non-hydrogen) atoms. The summed E-state index contributed by atoms with van der Waals surface area (Å²) in [6.07, 6.45) is 0.663. The molecule has 2 heterocycles. The highest BCUT2D eigenvalue weighted by molar-refractivity contribution is 7.12. The van der Waals surface area contributed by atoms with Crippen molar-refractivity contribution in [2.24, 2.45) is 5.73 Å². The third kappa shape index (κ3) is 4.62. The van der Waals surface area contributed by atoms with Gasteiger partial charge in [-0.1, -0.05) is 6.07 Å². The van der Waals surface area contributed by atoms with Crippen molar-refractivity contribution in [3.05, 3.63) is 38.5 Å². The Kier molecular flexibility index (Phi) is 5.85. The standard InChI is InChI=1S/C13H16N4O2S2/c14-7-11-17-9(8-21-11)12(18)15-4-2-5-16-13(19)10-3-1-6-20-10/h1,3,6,8H,2,4-5,7,14H2,(H,15,18)(H,16,19). The van der Waals surface area contributed by atoms with E-state index in [9.17, 15) is 9.59 Å². The second-order valence-corrected chi connectivity index (χ2v) is 6.06. The van der Waals surface area contributed by atoms with E-state index in [-0.39, 0.29) is 11.8 Å². The molecule has 0 unspecified atom stereocenters. The monoisotopic (exact) mass is 324 g/mol. The molecule has 0 atom stereocenters. The molecule has 112 valence electrons. The van der Waals surface area contributed by atoms with Gasteiger partial charge in [-0.25, -0.2) is 4.98 Å². The van der Waals surface area contributed by atoms with Gasteiger partial charge in [0.25, 0.3) is 11.8 Å². The lowest BCUT2D eigenvalue weighted by atomic mass is 10.3. The lowest BCUT2D eigenvalue weighted by Crippen LogP contribution is -2.29. The van der Waals surface area contributed by atoms with E-state index in [1.54, 1.807) is 11.4 Å². The van der Waals surface area contributed by atoms with E-state index in [2.05, 4.69) is 15.6 Å². The van der Waals surface area contributed by atoms with Crippen LogP contribution >= 0.6 is 22.7 Å². The second-order valence-electron chi connectivity index (χ2n) is 4.17. The molecule has 0 spiro atoms. The number of nitrogens with one attached hydrogen (secondary N) is 2. The van der Waals surface area contributed by atoms with Crippen LogP contribution in [-0.2, 0) is 6.54 Å². The van der Waals surface area contributed by atoms with E-state index in [0.717, 1.165) is 5.01 Å². The van der Waals surface area contributed by atoms with Crippen LogP contribution in [-0.4, -0.2) is 29.9 Å². The molecule has 0 bridgehead atoms. The largest absolute Gasteiger partial charge is 0.351 e. The van der Waals surface area contributed by atoms with Crippen LogP contribution < -0.4 is 16.4 Å². The van der Waals surface area contributed by atoms with E-state index in [0.29, 0.717) is 36.6 Å². The number of nitrogens with two attached hydrogens (primary N) is 1. The Bertz CT molecular complexity index is 595. The lowest BCUT2D eigenvalue weighted by Gasteiger charge is -2.05. The van der Waals surface area contributed by atoms with Crippen LogP contribution in [0.1, 0.15) is 31.6 Å². The fourth-order valence-corrected chi connectivity index (χ4v) is 2.88. The maximum atomic E-state index is 11.8. The van der Waals surface area contributed by atoms with Crippen LogP contribution in [0.25, 0.3) is 0 Å². The van der Waals surface area contributed by atoms with E-state index >= 15 is 0 Å². The van der Waals surface area contributed by atoms with Crippen molar-refractivity contribution >= 4 is 34.5 Å². The number of carbonyl (C=O) groups is 2. The predicted octanol–water partition coefficient (Wildman–Crippen LogP) is 1.21. The van der Waals surface area contributed by atoms with Crippen molar-refractivity contribution in [1.29, 1.82) is 0 Å².